The molecular formula is C15H33ClS. The van der Waals surface area contributed by atoms with Gasteiger partial charge in [0.1, 0.15) is 0 Å². The largest absolute Gasteiger partial charge is 0.166 e. The van der Waals surface area contributed by atoms with Gasteiger partial charge in [0, 0.05) is 0 Å². The van der Waals surface area contributed by atoms with E-state index in [-0.39, 0.29) is 0 Å². The van der Waals surface area contributed by atoms with E-state index in [0.717, 1.165) is 0 Å². The van der Waals surface area contributed by atoms with E-state index < -0.39 is 9.24 Å². The maximum atomic E-state index is 6.42. The topological polar surface area (TPSA) is 0 Å². The van der Waals surface area contributed by atoms with Crippen LogP contribution in [0.1, 0.15) is 78.1 Å². The maximum Gasteiger partial charge on any atom is -0.0103 e. The van der Waals surface area contributed by atoms with Gasteiger partial charge in [0.2, 0.25) is 0 Å². The molecule has 0 saturated carbocycles. The van der Waals surface area contributed by atoms with Crippen LogP contribution in [0.25, 0.3) is 0 Å². The quantitative estimate of drug-likeness (QED) is 0.357. The number of unbranched alkanes of at least 4 members (excludes halogenated alkanes) is 9. The molecule has 1 unspecified atom stereocenters. The third-order valence-electron chi connectivity index (χ3n) is 3.53. The summed E-state index contributed by atoms with van der Waals surface area (Å²) in [6.07, 6.45) is 16.4. The Kier molecular flexibility index (Phi) is 12.2. The normalized spacial score (nSPS) is 16.7. The molecule has 0 saturated heterocycles. The second-order valence-corrected chi connectivity index (χ2v) is 10.9. The van der Waals surface area contributed by atoms with Gasteiger partial charge < -0.3 is 0 Å². The van der Waals surface area contributed by atoms with Crippen molar-refractivity contribution in [1.29, 1.82) is 0 Å². The predicted octanol–water partition coefficient (Wildman–Crippen LogP) is 6.52. The predicted molar refractivity (Wildman–Crippen MR) is 86.6 cm³/mol. The molecule has 0 fully saturated rings. The first-order valence-corrected chi connectivity index (χ1v) is 10.8. The summed E-state index contributed by atoms with van der Waals surface area (Å²) in [5.74, 6) is 2.44. The van der Waals surface area contributed by atoms with E-state index in [1.165, 1.54) is 75.7 Å². The monoisotopic (exact) mass is 280 g/mol. The molecule has 0 nitrogen and oxygen atoms in total. The van der Waals surface area contributed by atoms with Crippen LogP contribution in [0.15, 0.2) is 0 Å². The van der Waals surface area contributed by atoms with Gasteiger partial charge in [-0.25, -0.2) is 0 Å². The summed E-state index contributed by atoms with van der Waals surface area (Å²) in [5.41, 5.74) is 0. The fourth-order valence-electron chi connectivity index (χ4n) is 2.03. The molecule has 0 heterocycles. The lowest BCUT2D eigenvalue weighted by Gasteiger charge is -2.25. The second kappa shape index (κ2) is 11.7. The highest BCUT2D eigenvalue weighted by molar-refractivity contribution is 8.50. The van der Waals surface area contributed by atoms with Gasteiger partial charge in [-0.3, -0.25) is 0 Å². The molecule has 0 aliphatic carbocycles. The smallest absolute Gasteiger partial charge is 0.0103 e. The van der Waals surface area contributed by atoms with Gasteiger partial charge in [-0.1, -0.05) is 82.3 Å². The fourth-order valence-corrected chi connectivity index (χ4v) is 3.46. The number of hydrogen-bond acceptors (Lipinski definition) is 0. The molecule has 0 aromatic carbocycles. The average Bonchev–Trinajstić information content (AvgIpc) is 2.31. The van der Waals surface area contributed by atoms with Crippen LogP contribution < -0.4 is 0 Å². The van der Waals surface area contributed by atoms with Gasteiger partial charge in [-0.05, 0) is 24.2 Å². The summed E-state index contributed by atoms with van der Waals surface area (Å²) in [6.45, 7) is 4.50. The zero-order valence-electron chi connectivity index (χ0n) is 12.3. The number of hydrogen-bond donors (Lipinski definition) is 0. The minimum absolute atomic E-state index is 0.755. The molecule has 0 amide bonds. The molecule has 0 aromatic rings. The van der Waals surface area contributed by atoms with Crippen molar-refractivity contribution in [3.8, 4) is 0 Å². The number of halogens is 1. The molecule has 0 aliphatic heterocycles. The Hall–Kier alpha value is 0.640. The van der Waals surface area contributed by atoms with Crippen molar-refractivity contribution in [1.82, 2.24) is 0 Å². The van der Waals surface area contributed by atoms with E-state index in [1.54, 1.807) is 0 Å². The van der Waals surface area contributed by atoms with Crippen molar-refractivity contribution in [3.63, 3.8) is 0 Å². The van der Waals surface area contributed by atoms with Gasteiger partial charge in [-0.2, -0.15) is 9.24 Å². The molecule has 2 heteroatoms. The molecule has 0 aliphatic rings. The van der Waals surface area contributed by atoms with E-state index in [0.29, 0.717) is 0 Å². The van der Waals surface area contributed by atoms with Crippen LogP contribution in [0.5, 0.6) is 0 Å². The molecule has 0 N–H and O–H groups in total. The highest BCUT2D eigenvalue weighted by atomic mass is 35.7. The Bertz CT molecular complexity index is 157. The first-order valence-electron chi connectivity index (χ1n) is 7.55. The zero-order chi connectivity index (χ0) is 13.0. The van der Waals surface area contributed by atoms with Crippen molar-refractivity contribution in [2.24, 2.45) is 0 Å². The van der Waals surface area contributed by atoms with Gasteiger partial charge in [-0.15, -0.1) is 0 Å². The standard InChI is InChI=1S/C15H33ClS/c1-4-6-7-8-9-10-11-12-13-14-15-17(3,16)5-2/h4-15H2,1-3H3. The molecule has 0 aromatic heterocycles. The van der Waals surface area contributed by atoms with E-state index in [1.807, 2.05) is 0 Å². The maximum absolute atomic E-state index is 6.42. The summed E-state index contributed by atoms with van der Waals surface area (Å²) in [4.78, 5) is 0. The van der Waals surface area contributed by atoms with Gasteiger partial charge in [0.05, 0.1) is 0 Å². The van der Waals surface area contributed by atoms with Crippen LogP contribution in [0, 0.1) is 0 Å². The molecular weight excluding hydrogens is 248 g/mol. The summed E-state index contributed by atoms with van der Waals surface area (Å²) in [5, 5.41) is 0. The first-order chi connectivity index (χ1) is 8.12. The summed E-state index contributed by atoms with van der Waals surface area (Å²) < 4.78 is 0. The Balaban J connectivity index is 3.09. The van der Waals surface area contributed by atoms with Crippen LogP contribution >= 0.6 is 19.9 Å². The van der Waals surface area contributed by atoms with Gasteiger partial charge >= 0.3 is 0 Å². The Morgan fingerprint density at radius 1 is 0.706 bits per heavy atom. The van der Waals surface area contributed by atoms with E-state index >= 15 is 0 Å². The lowest BCUT2D eigenvalue weighted by molar-refractivity contribution is 0.563. The third kappa shape index (κ3) is 12.9. The molecule has 106 valence electrons. The van der Waals surface area contributed by atoms with E-state index in [4.69, 9.17) is 10.7 Å². The van der Waals surface area contributed by atoms with Crippen molar-refractivity contribution < 1.29 is 0 Å². The summed E-state index contributed by atoms with van der Waals surface area (Å²) in [6, 6.07) is 0. The Labute approximate surface area is 116 Å². The van der Waals surface area contributed by atoms with Crippen molar-refractivity contribution >= 4 is 19.9 Å². The lowest BCUT2D eigenvalue weighted by atomic mass is 10.1. The van der Waals surface area contributed by atoms with E-state index in [2.05, 4.69) is 20.1 Å². The molecule has 0 radical (unpaired) electrons. The Morgan fingerprint density at radius 3 is 1.53 bits per heavy atom. The minimum Gasteiger partial charge on any atom is -0.166 e. The fraction of sp³-hybridized carbons (Fsp3) is 1.00. The van der Waals surface area contributed by atoms with Gasteiger partial charge in [0.15, 0.2) is 0 Å². The van der Waals surface area contributed by atoms with Crippen LogP contribution in [0.3, 0.4) is 0 Å². The molecule has 1 atom stereocenters. The highest BCUT2D eigenvalue weighted by Gasteiger charge is 2.10. The van der Waals surface area contributed by atoms with Gasteiger partial charge in [0.25, 0.3) is 0 Å². The highest BCUT2D eigenvalue weighted by Crippen LogP contribution is 2.49. The van der Waals surface area contributed by atoms with Crippen LogP contribution in [-0.4, -0.2) is 17.8 Å². The summed E-state index contributed by atoms with van der Waals surface area (Å²) >= 11 is 0. The summed E-state index contributed by atoms with van der Waals surface area (Å²) in [7, 11) is 5.66. The van der Waals surface area contributed by atoms with E-state index in [9.17, 15) is 0 Å². The van der Waals surface area contributed by atoms with Crippen molar-refractivity contribution in [3.05, 3.63) is 0 Å². The second-order valence-electron chi connectivity index (χ2n) is 5.33. The van der Waals surface area contributed by atoms with Crippen LogP contribution in [0.4, 0.5) is 0 Å². The van der Waals surface area contributed by atoms with Crippen molar-refractivity contribution in [2.45, 2.75) is 78.1 Å². The first kappa shape index (κ1) is 17.6. The Morgan fingerprint density at radius 2 is 1.12 bits per heavy atom. The number of rotatable bonds is 12. The molecule has 0 bridgehead atoms. The third-order valence-corrected chi connectivity index (χ3v) is 6.99. The lowest BCUT2D eigenvalue weighted by Crippen LogP contribution is -1.98. The molecule has 17 heavy (non-hydrogen) atoms. The van der Waals surface area contributed by atoms with Crippen LogP contribution in [0.2, 0.25) is 0 Å². The average molecular weight is 281 g/mol. The molecule has 0 spiro atoms. The minimum atomic E-state index is -0.755. The zero-order valence-corrected chi connectivity index (χ0v) is 13.8. The molecule has 0 rings (SSSR count). The van der Waals surface area contributed by atoms with Crippen molar-refractivity contribution in [2.75, 3.05) is 17.8 Å². The van der Waals surface area contributed by atoms with Crippen LogP contribution in [-0.2, 0) is 0 Å². The SMILES string of the molecule is CCCCCCCCCCCCS(C)(Cl)CC.